The Labute approximate surface area is 123 Å². The molecule has 0 aromatic carbocycles. The molecule has 0 saturated carbocycles. The van der Waals surface area contributed by atoms with Crippen molar-refractivity contribution in [1.82, 2.24) is 14.8 Å². The van der Waals surface area contributed by atoms with Crippen molar-refractivity contribution in [2.45, 2.75) is 33.2 Å². The molecule has 1 fully saturated rings. The molecule has 2 heterocycles. The van der Waals surface area contributed by atoms with E-state index in [1.807, 2.05) is 19.3 Å². The van der Waals surface area contributed by atoms with Crippen LogP contribution >= 0.6 is 0 Å². The molecule has 1 aliphatic rings. The van der Waals surface area contributed by atoms with Crippen molar-refractivity contribution in [3.05, 3.63) is 29.6 Å². The third kappa shape index (κ3) is 4.33. The van der Waals surface area contributed by atoms with Gasteiger partial charge in [0.1, 0.15) is 0 Å². The van der Waals surface area contributed by atoms with Crippen LogP contribution in [0.3, 0.4) is 0 Å². The van der Waals surface area contributed by atoms with Gasteiger partial charge in [-0.25, -0.2) is 0 Å². The molecular formula is C17H25N3. The third-order valence-electron chi connectivity index (χ3n) is 3.73. The summed E-state index contributed by atoms with van der Waals surface area (Å²) < 4.78 is 0. The minimum absolute atomic E-state index is 0.283. The molecule has 3 nitrogen and oxygen atoms in total. The number of hydrogen-bond acceptors (Lipinski definition) is 3. The fourth-order valence-corrected chi connectivity index (χ4v) is 2.45. The number of hydrogen-bond donors (Lipinski definition) is 0. The Morgan fingerprint density at radius 3 is 2.45 bits per heavy atom. The summed E-state index contributed by atoms with van der Waals surface area (Å²) in [6, 6.07) is 2.08. The van der Waals surface area contributed by atoms with Gasteiger partial charge in [-0.2, -0.15) is 0 Å². The minimum atomic E-state index is 0.283. The van der Waals surface area contributed by atoms with Gasteiger partial charge in [0.25, 0.3) is 0 Å². The van der Waals surface area contributed by atoms with Gasteiger partial charge in [0, 0.05) is 49.7 Å². The van der Waals surface area contributed by atoms with Crippen LogP contribution in [0.2, 0.25) is 0 Å². The maximum atomic E-state index is 4.16. The van der Waals surface area contributed by atoms with Gasteiger partial charge in [-0.05, 0) is 39.3 Å². The first kappa shape index (κ1) is 15.0. The second kappa shape index (κ2) is 6.39. The average Bonchev–Trinajstić information content (AvgIpc) is 2.38. The zero-order chi connectivity index (χ0) is 14.6. The van der Waals surface area contributed by atoms with Crippen LogP contribution in [0.25, 0.3) is 0 Å². The average molecular weight is 271 g/mol. The first-order chi connectivity index (χ1) is 9.45. The maximum Gasteiger partial charge on any atom is 0.0606 e. The zero-order valence-corrected chi connectivity index (χ0v) is 13.1. The van der Waals surface area contributed by atoms with Gasteiger partial charge in [0.05, 0.1) is 6.54 Å². The molecule has 0 bridgehead atoms. The molecule has 0 aliphatic carbocycles. The Hall–Kier alpha value is -1.37. The highest BCUT2D eigenvalue weighted by Crippen LogP contribution is 2.15. The van der Waals surface area contributed by atoms with Crippen LogP contribution < -0.4 is 0 Å². The van der Waals surface area contributed by atoms with E-state index in [2.05, 4.69) is 53.5 Å². The maximum absolute atomic E-state index is 4.16. The molecule has 0 radical (unpaired) electrons. The molecule has 1 aromatic heterocycles. The first-order valence-corrected chi connectivity index (χ1v) is 7.33. The Bertz CT molecular complexity index is 497. The van der Waals surface area contributed by atoms with Crippen LogP contribution in [0.1, 0.15) is 31.9 Å². The summed E-state index contributed by atoms with van der Waals surface area (Å²) in [5, 5.41) is 0. The molecule has 20 heavy (non-hydrogen) atoms. The zero-order valence-electron chi connectivity index (χ0n) is 13.1. The van der Waals surface area contributed by atoms with Crippen molar-refractivity contribution in [3.63, 3.8) is 0 Å². The summed E-state index contributed by atoms with van der Waals surface area (Å²) in [6.07, 6.45) is 3.69. The van der Waals surface area contributed by atoms with Crippen molar-refractivity contribution in [2.75, 3.05) is 32.7 Å². The van der Waals surface area contributed by atoms with Crippen LogP contribution in [0, 0.1) is 18.8 Å². The fourth-order valence-electron chi connectivity index (χ4n) is 2.45. The van der Waals surface area contributed by atoms with Gasteiger partial charge in [-0.1, -0.05) is 11.8 Å². The van der Waals surface area contributed by atoms with E-state index in [1.165, 1.54) is 0 Å². The lowest BCUT2D eigenvalue weighted by molar-refractivity contribution is 0.0683. The molecule has 0 unspecified atom stereocenters. The van der Waals surface area contributed by atoms with E-state index in [4.69, 9.17) is 0 Å². The largest absolute Gasteiger partial charge is 0.296 e. The van der Waals surface area contributed by atoms with E-state index >= 15 is 0 Å². The molecule has 1 aliphatic heterocycles. The molecule has 1 saturated heterocycles. The Morgan fingerprint density at radius 1 is 1.15 bits per heavy atom. The Kier molecular flexibility index (Phi) is 4.80. The molecule has 108 valence electrons. The van der Waals surface area contributed by atoms with E-state index in [9.17, 15) is 0 Å². The molecule has 0 amide bonds. The van der Waals surface area contributed by atoms with Gasteiger partial charge in [0.15, 0.2) is 0 Å². The van der Waals surface area contributed by atoms with Gasteiger partial charge in [-0.3, -0.25) is 14.8 Å². The highest BCUT2D eigenvalue weighted by Gasteiger charge is 2.25. The number of aryl methyl sites for hydroxylation is 1. The summed E-state index contributed by atoms with van der Waals surface area (Å²) in [6.45, 7) is 14.2. The lowest BCUT2D eigenvalue weighted by Gasteiger charge is -2.41. The van der Waals surface area contributed by atoms with Gasteiger partial charge in [-0.15, -0.1) is 0 Å². The second-order valence-electron chi connectivity index (χ2n) is 6.49. The predicted molar refractivity (Wildman–Crippen MR) is 83.6 cm³/mol. The summed E-state index contributed by atoms with van der Waals surface area (Å²) >= 11 is 0. The molecule has 0 N–H and O–H groups in total. The summed E-state index contributed by atoms with van der Waals surface area (Å²) in [5.41, 5.74) is 2.46. The van der Waals surface area contributed by atoms with Crippen LogP contribution in [-0.4, -0.2) is 53.0 Å². The van der Waals surface area contributed by atoms with E-state index in [1.54, 1.807) is 0 Å². The van der Waals surface area contributed by atoms with Crippen molar-refractivity contribution in [1.29, 1.82) is 0 Å². The molecular weight excluding hydrogens is 246 g/mol. The number of aromatic nitrogens is 1. The minimum Gasteiger partial charge on any atom is -0.296 e. The number of pyridine rings is 1. The van der Waals surface area contributed by atoms with Gasteiger partial charge >= 0.3 is 0 Å². The normalized spacial score (nSPS) is 17.6. The molecule has 0 atom stereocenters. The number of rotatable bonds is 1. The van der Waals surface area contributed by atoms with Gasteiger partial charge in [0.2, 0.25) is 0 Å². The van der Waals surface area contributed by atoms with Gasteiger partial charge < -0.3 is 0 Å². The van der Waals surface area contributed by atoms with E-state index in [0.717, 1.165) is 43.9 Å². The van der Waals surface area contributed by atoms with Crippen molar-refractivity contribution in [2.24, 2.45) is 0 Å². The summed E-state index contributed by atoms with van der Waals surface area (Å²) in [4.78, 5) is 9.14. The lowest BCUT2D eigenvalue weighted by Crippen LogP contribution is -2.53. The smallest absolute Gasteiger partial charge is 0.0606 e. The van der Waals surface area contributed by atoms with Crippen molar-refractivity contribution < 1.29 is 0 Å². The molecule has 3 heteroatoms. The monoisotopic (exact) mass is 271 g/mol. The highest BCUT2D eigenvalue weighted by molar-refractivity contribution is 5.34. The highest BCUT2D eigenvalue weighted by atomic mass is 15.3. The Balaban J connectivity index is 1.82. The van der Waals surface area contributed by atoms with Crippen LogP contribution in [0.5, 0.6) is 0 Å². The third-order valence-corrected chi connectivity index (χ3v) is 3.73. The lowest BCUT2D eigenvalue weighted by atomic mass is 10.1. The Morgan fingerprint density at radius 2 is 1.85 bits per heavy atom. The van der Waals surface area contributed by atoms with Crippen molar-refractivity contribution in [3.8, 4) is 11.8 Å². The summed E-state index contributed by atoms with van der Waals surface area (Å²) in [5.74, 6) is 6.48. The number of piperazine rings is 1. The van der Waals surface area contributed by atoms with E-state index in [-0.39, 0.29) is 5.54 Å². The quantitative estimate of drug-likeness (QED) is 0.730. The van der Waals surface area contributed by atoms with E-state index < -0.39 is 0 Å². The predicted octanol–water partition coefficient (Wildman–Crippen LogP) is 2.16. The molecule has 1 aromatic rings. The SMILES string of the molecule is Cc1cncc(C#CCN2CCN(C(C)(C)C)CC2)c1. The standard InChI is InChI=1S/C17H25N3/c1-15-12-16(14-18-13-15)6-5-7-19-8-10-20(11-9-19)17(2,3)4/h12-14H,7-11H2,1-4H3. The second-order valence-corrected chi connectivity index (χ2v) is 6.49. The molecule has 2 rings (SSSR count). The topological polar surface area (TPSA) is 19.4 Å². The summed E-state index contributed by atoms with van der Waals surface area (Å²) in [7, 11) is 0. The molecule has 0 spiro atoms. The van der Waals surface area contributed by atoms with Crippen LogP contribution in [-0.2, 0) is 0 Å². The van der Waals surface area contributed by atoms with Crippen LogP contribution in [0.4, 0.5) is 0 Å². The van der Waals surface area contributed by atoms with Crippen molar-refractivity contribution >= 4 is 0 Å². The fraction of sp³-hybridized carbons (Fsp3) is 0.588. The van der Waals surface area contributed by atoms with Crippen LogP contribution in [0.15, 0.2) is 18.5 Å². The number of nitrogens with zero attached hydrogens (tertiary/aromatic N) is 3. The first-order valence-electron chi connectivity index (χ1n) is 7.33. The van der Waals surface area contributed by atoms with E-state index in [0.29, 0.717) is 0 Å².